The molecule has 2 atom stereocenters. The predicted octanol–water partition coefficient (Wildman–Crippen LogP) is 3.33. The van der Waals surface area contributed by atoms with Crippen LogP contribution in [0.15, 0.2) is 29.3 Å². The van der Waals surface area contributed by atoms with Crippen LogP contribution in [-0.2, 0) is 4.79 Å². The summed E-state index contributed by atoms with van der Waals surface area (Å²) in [6.07, 6.45) is 1.12. The lowest BCUT2D eigenvalue weighted by atomic mass is 10.2. The zero-order chi connectivity index (χ0) is 13.8. The molecule has 5 heteroatoms. The average Bonchev–Trinajstić information content (AvgIpc) is 2.29. The summed E-state index contributed by atoms with van der Waals surface area (Å²) in [6, 6.07) is 8.02. The van der Waals surface area contributed by atoms with E-state index in [1.807, 2.05) is 24.3 Å². The first-order valence-electron chi connectivity index (χ1n) is 6.42. The highest BCUT2D eigenvalue weighted by atomic mass is 32.2. The van der Waals surface area contributed by atoms with E-state index in [0.717, 1.165) is 23.0 Å². The molecule has 0 spiro atoms. The summed E-state index contributed by atoms with van der Waals surface area (Å²) in [5.74, 6) is -0.0597. The van der Waals surface area contributed by atoms with Crippen molar-refractivity contribution in [3.05, 3.63) is 24.3 Å². The van der Waals surface area contributed by atoms with Gasteiger partial charge in [-0.2, -0.15) is 0 Å². The van der Waals surface area contributed by atoms with Crippen molar-refractivity contribution in [1.29, 1.82) is 0 Å². The van der Waals surface area contributed by atoms with E-state index in [9.17, 15) is 4.79 Å². The van der Waals surface area contributed by atoms with E-state index >= 15 is 0 Å². The number of benzene rings is 1. The van der Waals surface area contributed by atoms with Gasteiger partial charge in [-0.3, -0.25) is 9.79 Å². The molecule has 1 aliphatic heterocycles. The van der Waals surface area contributed by atoms with E-state index in [-0.39, 0.29) is 5.91 Å². The number of amidine groups is 1. The van der Waals surface area contributed by atoms with E-state index in [2.05, 4.69) is 29.5 Å². The van der Waals surface area contributed by atoms with E-state index in [1.54, 1.807) is 11.8 Å². The van der Waals surface area contributed by atoms with Crippen LogP contribution in [0.4, 0.5) is 11.4 Å². The highest BCUT2D eigenvalue weighted by Crippen LogP contribution is 2.26. The third kappa shape index (κ3) is 4.28. The Labute approximate surface area is 118 Å². The topological polar surface area (TPSA) is 53.5 Å². The molecule has 0 saturated carbocycles. The molecule has 1 heterocycles. The smallest absolute Gasteiger partial charge is 0.221 e. The summed E-state index contributed by atoms with van der Waals surface area (Å²) in [6.45, 7) is 5.86. The molecule has 1 aromatic rings. The summed E-state index contributed by atoms with van der Waals surface area (Å²) in [5, 5.41) is 7.63. The first-order valence-corrected chi connectivity index (χ1v) is 7.30. The molecule has 0 bridgehead atoms. The lowest BCUT2D eigenvalue weighted by molar-refractivity contribution is -0.114. The highest BCUT2D eigenvalue weighted by Gasteiger charge is 2.18. The summed E-state index contributed by atoms with van der Waals surface area (Å²) in [5.41, 5.74) is 1.79. The van der Waals surface area contributed by atoms with E-state index in [4.69, 9.17) is 0 Å². The third-order valence-corrected chi connectivity index (χ3v) is 3.81. The van der Waals surface area contributed by atoms with E-state index < -0.39 is 0 Å². The minimum Gasteiger partial charge on any atom is -0.335 e. The van der Waals surface area contributed by atoms with Gasteiger partial charge < -0.3 is 10.6 Å². The lowest BCUT2D eigenvalue weighted by Crippen LogP contribution is -2.22. The first kappa shape index (κ1) is 13.9. The molecule has 0 aromatic heterocycles. The van der Waals surface area contributed by atoms with Crippen LogP contribution < -0.4 is 10.6 Å². The van der Waals surface area contributed by atoms with Gasteiger partial charge in [-0.15, -0.1) is 0 Å². The van der Waals surface area contributed by atoms with Crippen molar-refractivity contribution in [3.63, 3.8) is 0 Å². The zero-order valence-electron chi connectivity index (χ0n) is 11.4. The van der Waals surface area contributed by atoms with Crippen molar-refractivity contribution in [2.75, 3.05) is 10.6 Å². The Morgan fingerprint density at radius 2 is 1.89 bits per heavy atom. The maximum atomic E-state index is 10.9. The molecule has 1 amide bonds. The number of carbonyl (C=O) groups is 1. The molecule has 19 heavy (non-hydrogen) atoms. The molecular formula is C14H19N3OS. The first-order chi connectivity index (χ1) is 9.02. The van der Waals surface area contributed by atoms with Crippen LogP contribution in [-0.4, -0.2) is 22.4 Å². The maximum absolute atomic E-state index is 10.9. The number of rotatable bonds is 2. The van der Waals surface area contributed by atoms with Gasteiger partial charge >= 0.3 is 0 Å². The number of carbonyl (C=O) groups excluding carboxylic acids is 1. The Kier molecular flexibility index (Phi) is 4.47. The van der Waals surface area contributed by atoms with E-state index in [0.29, 0.717) is 11.3 Å². The number of nitrogens with one attached hydrogen (secondary N) is 2. The van der Waals surface area contributed by atoms with Crippen LogP contribution in [0.25, 0.3) is 0 Å². The molecule has 0 fully saturated rings. The molecule has 0 aliphatic carbocycles. The Morgan fingerprint density at radius 1 is 1.26 bits per heavy atom. The number of nitrogens with zero attached hydrogens (tertiary/aromatic N) is 1. The second-order valence-electron chi connectivity index (χ2n) is 4.83. The highest BCUT2D eigenvalue weighted by molar-refractivity contribution is 8.14. The zero-order valence-corrected chi connectivity index (χ0v) is 12.3. The van der Waals surface area contributed by atoms with Gasteiger partial charge in [-0.25, -0.2) is 0 Å². The Balaban J connectivity index is 2.01. The molecule has 1 aromatic carbocycles. The second-order valence-corrected chi connectivity index (χ2v) is 6.26. The quantitative estimate of drug-likeness (QED) is 0.872. The van der Waals surface area contributed by atoms with Gasteiger partial charge in [0.25, 0.3) is 0 Å². The minimum atomic E-state index is -0.0597. The fourth-order valence-corrected chi connectivity index (χ4v) is 3.20. The Morgan fingerprint density at radius 3 is 2.47 bits per heavy atom. The molecule has 4 nitrogen and oxygen atoms in total. The van der Waals surface area contributed by atoms with Gasteiger partial charge in [-0.1, -0.05) is 18.7 Å². The molecular weight excluding hydrogens is 258 g/mol. The number of hydrogen-bond donors (Lipinski definition) is 2. The number of anilines is 2. The van der Waals surface area contributed by atoms with Crippen LogP contribution in [0.2, 0.25) is 0 Å². The largest absolute Gasteiger partial charge is 0.335 e. The van der Waals surface area contributed by atoms with Crippen LogP contribution in [0, 0.1) is 0 Å². The Hall–Kier alpha value is -1.49. The summed E-state index contributed by atoms with van der Waals surface area (Å²) < 4.78 is 0. The predicted molar refractivity (Wildman–Crippen MR) is 82.9 cm³/mol. The molecule has 2 rings (SSSR count). The van der Waals surface area contributed by atoms with Crippen molar-refractivity contribution in [2.45, 2.75) is 38.5 Å². The van der Waals surface area contributed by atoms with Crippen LogP contribution >= 0.6 is 11.8 Å². The molecule has 102 valence electrons. The monoisotopic (exact) mass is 277 g/mol. The van der Waals surface area contributed by atoms with Crippen LogP contribution in [0.5, 0.6) is 0 Å². The summed E-state index contributed by atoms with van der Waals surface area (Å²) >= 11 is 1.77. The number of thioether (sulfide) groups is 1. The maximum Gasteiger partial charge on any atom is 0.221 e. The average molecular weight is 277 g/mol. The summed E-state index contributed by atoms with van der Waals surface area (Å²) in [4.78, 5) is 15.5. The molecule has 2 N–H and O–H groups in total. The van der Waals surface area contributed by atoms with Gasteiger partial charge in [0.1, 0.15) is 0 Å². The third-order valence-electron chi connectivity index (χ3n) is 2.78. The van der Waals surface area contributed by atoms with Crippen molar-refractivity contribution in [1.82, 2.24) is 0 Å². The minimum absolute atomic E-state index is 0.0597. The molecule has 0 saturated heterocycles. The van der Waals surface area contributed by atoms with Crippen LogP contribution in [0.1, 0.15) is 27.2 Å². The van der Waals surface area contributed by atoms with Crippen LogP contribution in [0.3, 0.4) is 0 Å². The van der Waals surface area contributed by atoms with Gasteiger partial charge in [-0.05, 0) is 37.6 Å². The molecule has 0 radical (unpaired) electrons. The van der Waals surface area contributed by atoms with Gasteiger partial charge in [0.2, 0.25) is 5.91 Å². The fourth-order valence-electron chi connectivity index (χ4n) is 2.03. The molecule has 1 aliphatic rings. The molecule has 2 unspecified atom stereocenters. The number of amides is 1. The number of hydrogen-bond acceptors (Lipinski definition) is 4. The van der Waals surface area contributed by atoms with Crippen molar-refractivity contribution in [3.8, 4) is 0 Å². The fraction of sp³-hybridized carbons (Fsp3) is 0.429. The van der Waals surface area contributed by atoms with Gasteiger partial charge in [0.05, 0.1) is 6.04 Å². The standard InChI is InChI=1S/C14H19N3OS/c1-9-8-10(2)19-14(15-9)17-13-6-4-12(5-7-13)16-11(3)18/h4-7,9-10H,8H2,1-3H3,(H,15,17)(H,16,18). The van der Waals surface area contributed by atoms with Crippen molar-refractivity contribution < 1.29 is 4.79 Å². The number of aliphatic imine (C=N–C) groups is 1. The summed E-state index contributed by atoms with van der Waals surface area (Å²) in [7, 11) is 0. The normalized spacial score (nSPS) is 22.6. The van der Waals surface area contributed by atoms with Crippen molar-refractivity contribution in [2.24, 2.45) is 4.99 Å². The lowest BCUT2D eigenvalue weighted by Gasteiger charge is -2.23. The van der Waals surface area contributed by atoms with Gasteiger partial charge in [0.15, 0.2) is 5.17 Å². The van der Waals surface area contributed by atoms with E-state index in [1.165, 1.54) is 6.92 Å². The van der Waals surface area contributed by atoms with Crippen molar-refractivity contribution >= 4 is 34.2 Å². The Bertz CT molecular complexity index is 484. The SMILES string of the molecule is CC(=O)Nc1ccc(NC2=NC(C)CC(C)S2)cc1. The second kappa shape index (κ2) is 6.10. The van der Waals surface area contributed by atoms with Gasteiger partial charge in [0, 0.05) is 23.5 Å².